The quantitative estimate of drug-likeness (QED) is 0.617. The predicted molar refractivity (Wildman–Crippen MR) is 42.3 cm³/mol. The fourth-order valence-electron chi connectivity index (χ4n) is 0.950. The normalized spacial score (nSPS) is 17.3. The molecule has 0 bridgehead atoms. The van der Waals surface area contributed by atoms with Crippen LogP contribution in [0.1, 0.15) is 33.6 Å². The Morgan fingerprint density at radius 3 is 2.11 bits per heavy atom. The first kappa shape index (κ1) is 8.96. The van der Waals surface area contributed by atoms with E-state index in [1.165, 1.54) is 12.8 Å². The summed E-state index contributed by atoms with van der Waals surface area (Å²) in [6.07, 6.45) is 2.45. The minimum Gasteiger partial charge on any atom is -0.330 e. The Hall–Kier alpha value is -0.0400. The molecular formula is C8H19N. The van der Waals surface area contributed by atoms with E-state index in [0.29, 0.717) is 0 Å². The highest BCUT2D eigenvalue weighted by Gasteiger charge is 2.07. The van der Waals surface area contributed by atoms with Crippen molar-refractivity contribution in [2.75, 3.05) is 6.54 Å². The average Bonchev–Trinajstić information content (AvgIpc) is 1.87. The van der Waals surface area contributed by atoms with Gasteiger partial charge in [0.05, 0.1) is 0 Å². The Labute approximate surface area is 58.6 Å². The van der Waals surface area contributed by atoms with E-state index in [2.05, 4.69) is 20.8 Å². The second-order valence-electron chi connectivity index (χ2n) is 2.94. The maximum atomic E-state index is 5.42. The molecule has 9 heavy (non-hydrogen) atoms. The van der Waals surface area contributed by atoms with Gasteiger partial charge in [-0.1, -0.05) is 27.2 Å². The minimum atomic E-state index is 0.806. The molecule has 0 saturated heterocycles. The van der Waals surface area contributed by atoms with Gasteiger partial charge in [-0.2, -0.15) is 0 Å². The molecule has 0 aromatic rings. The Bertz CT molecular complexity index is 61.6. The first-order chi connectivity index (χ1) is 4.22. The molecule has 0 aromatic heterocycles. The van der Waals surface area contributed by atoms with Crippen LogP contribution >= 0.6 is 0 Å². The summed E-state index contributed by atoms with van der Waals surface area (Å²) >= 11 is 0. The molecule has 0 radical (unpaired) electrons. The molecular weight excluding hydrogens is 110 g/mol. The third kappa shape index (κ3) is 3.52. The summed E-state index contributed by atoms with van der Waals surface area (Å²) in [6, 6.07) is 0. The number of hydrogen-bond donors (Lipinski definition) is 1. The van der Waals surface area contributed by atoms with Gasteiger partial charge in [-0.05, 0) is 24.8 Å². The second-order valence-corrected chi connectivity index (χ2v) is 2.94. The second kappa shape index (κ2) is 4.80. The lowest BCUT2D eigenvalue weighted by Crippen LogP contribution is -2.12. The molecule has 1 nitrogen and oxygen atoms in total. The molecule has 2 atom stereocenters. The van der Waals surface area contributed by atoms with Crippen LogP contribution in [0.4, 0.5) is 0 Å². The molecule has 0 aliphatic rings. The summed E-state index contributed by atoms with van der Waals surface area (Å²) < 4.78 is 0. The van der Waals surface area contributed by atoms with E-state index in [4.69, 9.17) is 5.73 Å². The fourth-order valence-corrected chi connectivity index (χ4v) is 0.950. The van der Waals surface area contributed by atoms with Crippen molar-refractivity contribution in [3.8, 4) is 0 Å². The molecule has 2 N–H and O–H groups in total. The zero-order valence-corrected chi connectivity index (χ0v) is 6.85. The zero-order valence-electron chi connectivity index (χ0n) is 6.85. The van der Waals surface area contributed by atoms with Crippen LogP contribution in [0.15, 0.2) is 0 Å². The Morgan fingerprint density at radius 2 is 1.78 bits per heavy atom. The van der Waals surface area contributed by atoms with Gasteiger partial charge >= 0.3 is 0 Å². The van der Waals surface area contributed by atoms with E-state index in [1.54, 1.807) is 0 Å². The summed E-state index contributed by atoms with van der Waals surface area (Å²) in [7, 11) is 0. The van der Waals surface area contributed by atoms with Crippen LogP contribution in [-0.4, -0.2) is 6.54 Å². The van der Waals surface area contributed by atoms with E-state index in [-0.39, 0.29) is 0 Å². The third-order valence-corrected chi connectivity index (χ3v) is 2.24. The first-order valence-electron chi connectivity index (χ1n) is 3.92. The predicted octanol–water partition coefficient (Wildman–Crippen LogP) is 2.02. The Morgan fingerprint density at radius 1 is 1.22 bits per heavy atom. The van der Waals surface area contributed by atoms with Gasteiger partial charge in [0, 0.05) is 0 Å². The Kier molecular flexibility index (Phi) is 4.78. The topological polar surface area (TPSA) is 26.0 Å². The molecule has 1 heteroatoms. The van der Waals surface area contributed by atoms with Crippen LogP contribution in [0.2, 0.25) is 0 Å². The van der Waals surface area contributed by atoms with Crippen molar-refractivity contribution in [3.63, 3.8) is 0 Å². The lowest BCUT2D eigenvalue weighted by molar-refractivity contribution is 0.359. The molecule has 56 valence electrons. The molecule has 0 heterocycles. The fraction of sp³-hybridized carbons (Fsp3) is 1.00. The zero-order chi connectivity index (χ0) is 7.28. The molecule has 0 aliphatic heterocycles. The van der Waals surface area contributed by atoms with Gasteiger partial charge in [0.15, 0.2) is 0 Å². The van der Waals surface area contributed by atoms with E-state index in [1.807, 2.05) is 0 Å². The summed E-state index contributed by atoms with van der Waals surface area (Å²) in [5.74, 6) is 1.65. The largest absolute Gasteiger partial charge is 0.330 e. The van der Waals surface area contributed by atoms with Crippen LogP contribution in [0.25, 0.3) is 0 Å². The van der Waals surface area contributed by atoms with Gasteiger partial charge < -0.3 is 5.73 Å². The van der Waals surface area contributed by atoms with Crippen molar-refractivity contribution >= 4 is 0 Å². The van der Waals surface area contributed by atoms with Gasteiger partial charge in [0.1, 0.15) is 0 Å². The first-order valence-corrected chi connectivity index (χ1v) is 3.92. The van der Waals surface area contributed by atoms with Crippen LogP contribution < -0.4 is 5.73 Å². The van der Waals surface area contributed by atoms with Crippen LogP contribution in [0.3, 0.4) is 0 Å². The summed E-state index contributed by atoms with van der Waals surface area (Å²) in [6.45, 7) is 7.64. The third-order valence-electron chi connectivity index (χ3n) is 2.24. The summed E-state index contributed by atoms with van der Waals surface area (Å²) in [5.41, 5.74) is 5.42. The summed E-state index contributed by atoms with van der Waals surface area (Å²) in [5, 5.41) is 0. The number of rotatable bonds is 4. The van der Waals surface area contributed by atoms with Gasteiger partial charge in [-0.3, -0.25) is 0 Å². The Balaban J connectivity index is 3.32. The standard InChI is InChI=1S/C8H19N/c1-4-7(2)8(3)5-6-9/h7-8H,4-6,9H2,1-3H3/t7?,8-/m0/s1. The maximum Gasteiger partial charge on any atom is -0.00746 e. The smallest absolute Gasteiger partial charge is 0.00746 e. The van der Waals surface area contributed by atoms with Crippen molar-refractivity contribution in [1.82, 2.24) is 0 Å². The van der Waals surface area contributed by atoms with Crippen molar-refractivity contribution in [2.45, 2.75) is 33.6 Å². The molecule has 0 saturated carbocycles. The summed E-state index contributed by atoms with van der Waals surface area (Å²) in [4.78, 5) is 0. The average molecular weight is 129 g/mol. The van der Waals surface area contributed by atoms with Crippen molar-refractivity contribution < 1.29 is 0 Å². The van der Waals surface area contributed by atoms with Crippen LogP contribution in [-0.2, 0) is 0 Å². The van der Waals surface area contributed by atoms with E-state index in [0.717, 1.165) is 18.4 Å². The van der Waals surface area contributed by atoms with Gasteiger partial charge in [0.25, 0.3) is 0 Å². The van der Waals surface area contributed by atoms with Gasteiger partial charge in [-0.15, -0.1) is 0 Å². The maximum absolute atomic E-state index is 5.42. The highest BCUT2D eigenvalue weighted by atomic mass is 14.5. The van der Waals surface area contributed by atoms with Crippen LogP contribution in [0.5, 0.6) is 0 Å². The SMILES string of the molecule is CCC(C)[C@@H](C)CCN. The molecule has 0 amide bonds. The number of nitrogens with two attached hydrogens (primary N) is 1. The highest BCUT2D eigenvalue weighted by molar-refractivity contribution is 4.59. The molecule has 0 fully saturated rings. The van der Waals surface area contributed by atoms with E-state index < -0.39 is 0 Å². The van der Waals surface area contributed by atoms with Crippen molar-refractivity contribution in [3.05, 3.63) is 0 Å². The van der Waals surface area contributed by atoms with Crippen molar-refractivity contribution in [1.29, 1.82) is 0 Å². The molecule has 0 aromatic carbocycles. The molecule has 1 unspecified atom stereocenters. The minimum absolute atomic E-state index is 0.806. The molecule has 0 spiro atoms. The van der Waals surface area contributed by atoms with Crippen molar-refractivity contribution in [2.24, 2.45) is 17.6 Å². The molecule has 0 aliphatic carbocycles. The van der Waals surface area contributed by atoms with E-state index >= 15 is 0 Å². The van der Waals surface area contributed by atoms with Crippen LogP contribution in [0, 0.1) is 11.8 Å². The van der Waals surface area contributed by atoms with E-state index in [9.17, 15) is 0 Å². The van der Waals surface area contributed by atoms with Gasteiger partial charge in [-0.25, -0.2) is 0 Å². The lowest BCUT2D eigenvalue weighted by atomic mass is 9.91. The monoisotopic (exact) mass is 129 g/mol. The molecule has 0 rings (SSSR count). The number of hydrogen-bond acceptors (Lipinski definition) is 1. The lowest BCUT2D eigenvalue weighted by Gasteiger charge is -2.16. The van der Waals surface area contributed by atoms with Gasteiger partial charge in [0.2, 0.25) is 0 Å². The highest BCUT2D eigenvalue weighted by Crippen LogP contribution is 2.16.